The zero-order valence-corrected chi connectivity index (χ0v) is 16.6. The SMILES string of the molecule is COc1ccc(CNc2nc(-c3ccc4c(c3)CCC(=O)N4)cs2)cc1OC. The van der Waals surface area contributed by atoms with E-state index >= 15 is 0 Å². The Balaban J connectivity index is 1.46. The summed E-state index contributed by atoms with van der Waals surface area (Å²) < 4.78 is 10.6. The van der Waals surface area contributed by atoms with E-state index in [4.69, 9.17) is 14.5 Å². The molecule has 1 aromatic heterocycles. The molecule has 1 aliphatic heterocycles. The lowest BCUT2D eigenvalue weighted by molar-refractivity contribution is -0.116. The van der Waals surface area contributed by atoms with E-state index in [0.29, 0.717) is 24.5 Å². The fraction of sp³-hybridized carbons (Fsp3) is 0.238. The van der Waals surface area contributed by atoms with Crippen LogP contribution in [0, 0.1) is 0 Å². The van der Waals surface area contributed by atoms with E-state index in [1.165, 1.54) is 0 Å². The summed E-state index contributed by atoms with van der Waals surface area (Å²) in [7, 11) is 3.26. The van der Waals surface area contributed by atoms with Crippen molar-refractivity contribution in [3.8, 4) is 22.8 Å². The van der Waals surface area contributed by atoms with E-state index in [1.54, 1.807) is 25.6 Å². The van der Waals surface area contributed by atoms with Crippen LogP contribution in [0.25, 0.3) is 11.3 Å². The van der Waals surface area contributed by atoms with E-state index < -0.39 is 0 Å². The van der Waals surface area contributed by atoms with Crippen LogP contribution in [0.5, 0.6) is 11.5 Å². The number of aryl methyl sites for hydroxylation is 1. The number of ether oxygens (including phenoxy) is 2. The quantitative estimate of drug-likeness (QED) is 0.650. The lowest BCUT2D eigenvalue weighted by atomic mass is 9.99. The summed E-state index contributed by atoms with van der Waals surface area (Å²) in [5.74, 6) is 1.50. The number of nitrogens with one attached hydrogen (secondary N) is 2. The van der Waals surface area contributed by atoms with Gasteiger partial charge in [-0.3, -0.25) is 4.79 Å². The van der Waals surface area contributed by atoms with Gasteiger partial charge in [0.25, 0.3) is 0 Å². The second kappa shape index (κ2) is 7.90. The number of carbonyl (C=O) groups excluding carboxylic acids is 1. The van der Waals surface area contributed by atoms with Crippen molar-refractivity contribution in [1.29, 1.82) is 0 Å². The fourth-order valence-corrected chi connectivity index (χ4v) is 3.92. The van der Waals surface area contributed by atoms with Gasteiger partial charge >= 0.3 is 0 Å². The highest BCUT2D eigenvalue weighted by Gasteiger charge is 2.16. The number of fused-ring (bicyclic) bond motifs is 1. The third-order valence-corrected chi connectivity index (χ3v) is 5.49. The van der Waals surface area contributed by atoms with Crippen LogP contribution in [-0.4, -0.2) is 25.1 Å². The zero-order valence-electron chi connectivity index (χ0n) is 15.7. The van der Waals surface area contributed by atoms with Crippen molar-refractivity contribution in [2.24, 2.45) is 0 Å². The van der Waals surface area contributed by atoms with Gasteiger partial charge in [-0.2, -0.15) is 0 Å². The summed E-state index contributed by atoms with van der Waals surface area (Å²) in [6.07, 6.45) is 1.30. The topological polar surface area (TPSA) is 72.5 Å². The molecule has 0 radical (unpaired) electrons. The maximum Gasteiger partial charge on any atom is 0.224 e. The molecule has 7 heteroatoms. The molecule has 4 rings (SSSR count). The molecule has 1 amide bonds. The molecular formula is C21H21N3O3S. The molecule has 2 heterocycles. The number of anilines is 2. The third kappa shape index (κ3) is 3.80. The van der Waals surface area contributed by atoms with Gasteiger partial charge in [-0.15, -0.1) is 11.3 Å². The average molecular weight is 395 g/mol. The van der Waals surface area contributed by atoms with Gasteiger partial charge in [0.15, 0.2) is 16.6 Å². The summed E-state index contributed by atoms with van der Waals surface area (Å²) in [5.41, 5.74) is 5.13. The lowest BCUT2D eigenvalue weighted by Crippen LogP contribution is -2.18. The van der Waals surface area contributed by atoms with Crippen molar-refractivity contribution in [2.45, 2.75) is 19.4 Å². The molecule has 0 unspecified atom stereocenters. The molecular weight excluding hydrogens is 374 g/mol. The minimum Gasteiger partial charge on any atom is -0.493 e. The molecule has 0 bridgehead atoms. The standard InChI is InChI=1S/C21H21N3O3S/c1-26-18-7-3-13(9-19(18)27-2)11-22-21-24-17(12-28-21)15-4-6-16-14(10-15)5-8-20(25)23-16/h3-4,6-7,9-10,12H,5,8,11H2,1-2H3,(H,22,24)(H,23,25). The van der Waals surface area contributed by atoms with Crippen LogP contribution < -0.4 is 20.1 Å². The molecule has 0 spiro atoms. The number of nitrogens with zero attached hydrogens (tertiary/aromatic N) is 1. The van der Waals surface area contributed by atoms with Crippen LogP contribution in [0.2, 0.25) is 0 Å². The van der Waals surface area contributed by atoms with E-state index in [0.717, 1.165) is 39.6 Å². The second-order valence-corrected chi connectivity index (χ2v) is 7.36. The Morgan fingerprint density at radius 2 is 1.96 bits per heavy atom. The molecule has 3 aromatic rings. The van der Waals surface area contributed by atoms with Crippen molar-refractivity contribution in [3.63, 3.8) is 0 Å². The average Bonchev–Trinajstić information content (AvgIpc) is 3.20. The second-order valence-electron chi connectivity index (χ2n) is 6.50. The minimum absolute atomic E-state index is 0.0792. The first-order chi connectivity index (χ1) is 13.7. The molecule has 0 atom stereocenters. The number of aromatic nitrogens is 1. The van der Waals surface area contributed by atoms with Gasteiger partial charge in [0.2, 0.25) is 5.91 Å². The Labute approximate surface area is 167 Å². The van der Waals surface area contributed by atoms with Crippen LogP contribution in [-0.2, 0) is 17.8 Å². The van der Waals surface area contributed by atoms with E-state index in [2.05, 4.69) is 16.7 Å². The number of methoxy groups -OCH3 is 2. The first-order valence-corrected chi connectivity index (χ1v) is 9.87. The van der Waals surface area contributed by atoms with Gasteiger partial charge in [-0.1, -0.05) is 12.1 Å². The minimum atomic E-state index is 0.0792. The maximum atomic E-state index is 11.5. The van der Waals surface area contributed by atoms with Crippen molar-refractivity contribution in [2.75, 3.05) is 24.9 Å². The Kier molecular flexibility index (Phi) is 5.16. The van der Waals surface area contributed by atoms with Crippen molar-refractivity contribution < 1.29 is 14.3 Å². The normalized spacial score (nSPS) is 12.9. The van der Waals surface area contributed by atoms with Crippen LogP contribution >= 0.6 is 11.3 Å². The first kappa shape index (κ1) is 18.3. The Hall–Kier alpha value is -3.06. The van der Waals surface area contributed by atoms with Crippen LogP contribution in [0.1, 0.15) is 17.5 Å². The zero-order chi connectivity index (χ0) is 19.5. The number of amides is 1. The number of rotatable bonds is 6. The molecule has 6 nitrogen and oxygen atoms in total. The van der Waals surface area contributed by atoms with Gasteiger partial charge in [0, 0.05) is 29.6 Å². The van der Waals surface area contributed by atoms with E-state index in [1.807, 2.05) is 35.7 Å². The van der Waals surface area contributed by atoms with Gasteiger partial charge in [0.1, 0.15) is 0 Å². The van der Waals surface area contributed by atoms with E-state index in [9.17, 15) is 4.79 Å². The van der Waals surface area contributed by atoms with E-state index in [-0.39, 0.29) is 5.91 Å². The number of benzene rings is 2. The summed E-state index contributed by atoms with van der Waals surface area (Å²) in [6, 6.07) is 11.9. The Morgan fingerprint density at radius 1 is 1.11 bits per heavy atom. The largest absolute Gasteiger partial charge is 0.493 e. The molecule has 0 fully saturated rings. The Morgan fingerprint density at radius 3 is 2.79 bits per heavy atom. The fourth-order valence-electron chi connectivity index (χ4n) is 3.20. The van der Waals surface area contributed by atoms with Gasteiger partial charge in [0.05, 0.1) is 19.9 Å². The maximum absolute atomic E-state index is 11.5. The van der Waals surface area contributed by atoms with Crippen molar-refractivity contribution in [1.82, 2.24) is 4.98 Å². The predicted molar refractivity (Wildman–Crippen MR) is 111 cm³/mol. The molecule has 0 saturated carbocycles. The number of thiazole rings is 1. The van der Waals surface area contributed by atoms with Crippen LogP contribution in [0.3, 0.4) is 0 Å². The van der Waals surface area contributed by atoms with Gasteiger partial charge in [-0.05, 0) is 41.8 Å². The predicted octanol–water partition coefficient (Wildman–Crippen LogP) is 4.32. The summed E-state index contributed by atoms with van der Waals surface area (Å²) in [4.78, 5) is 16.2. The molecule has 144 valence electrons. The Bertz CT molecular complexity index is 1020. The van der Waals surface area contributed by atoms with Gasteiger partial charge in [-0.25, -0.2) is 4.98 Å². The van der Waals surface area contributed by atoms with Crippen molar-refractivity contribution >= 4 is 28.1 Å². The smallest absolute Gasteiger partial charge is 0.224 e. The highest BCUT2D eigenvalue weighted by atomic mass is 32.1. The van der Waals surface area contributed by atoms with Crippen LogP contribution in [0.15, 0.2) is 41.8 Å². The molecule has 28 heavy (non-hydrogen) atoms. The highest BCUT2D eigenvalue weighted by molar-refractivity contribution is 7.14. The summed E-state index contributed by atoms with van der Waals surface area (Å²) in [6.45, 7) is 0.642. The number of carbonyl (C=O) groups is 1. The molecule has 2 aromatic carbocycles. The number of hydrogen-bond acceptors (Lipinski definition) is 6. The lowest BCUT2D eigenvalue weighted by Gasteiger charge is -2.17. The summed E-state index contributed by atoms with van der Waals surface area (Å²) >= 11 is 1.57. The molecule has 2 N–H and O–H groups in total. The third-order valence-electron chi connectivity index (χ3n) is 4.69. The molecule has 0 saturated heterocycles. The van der Waals surface area contributed by atoms with Crippen molar-refractivity contribution in [3.05, 3.63) is 52.9 Å². The molecule has 1 aliphatic rings. The van der Waals surface area contributed by atoms with Gasteiger partial charge < -0.3 is 20.1 Å². The monoisotopic (exact) mass is 395 g/mol. The highest BCUT2D eigenvalue weighted by Crippen LogP contribution is 2.31. The molecule has 0 aliphatic carbocycles. The van der Waals surface area contributed by atoms with Crippen LogP contribution in [0.4, 0.5) is 10.8 Å². The summed E-state index contributed by atoms with van der Waals surface area (Å²) in [5, 5.41) is 9.17. The first-order valence-electron chi connectivity index (χ1n) is 8.99. The number of hydrogen-bond donors (Lipinski definition) is 2.